The second kappa shape index (κ2) is 7.71. The highest BCUT2D eigenvalue weighted by Gasteiger charge is 2.16. The number of rotatable bonds is 5. The summed E-state index contributed by atoms with van der Waals surface area (Å²) in [6.07, 6.45) is 3.12. The number of nitrogens with one attached hydrogen (secondary N) is 1. The van der Waals surface area contributed by atoms with Crippen LogP contribution in [0.1, 0.15) is 27.3 Å². The summed E-state index contributed by atoms with van der Waals surface area (Å²) in [4.78, 5) is 16.7. The Kier molecular flexibility index (Phi) is 4.95. The molecule has 2 heterocycles. The van der Waals surface area contributed by atoms with Crippen molar-refractivity contribution in [1.29, 1.82) is 0 Å². The van der Waals surface area contributed by atoms with Crippen molar-refractivity contribution in [3.05, 3.63) is 95.6 Å². The molecule has 2 aromatic carbocycles. The zero-order chi connectivity index (χ0) is 20.4. The number of halogens is 1. The number of aromatic nitrogens is 4. The van der Waals surface area contributed by atoms with E-state index in [1.54, 1.807) is 23.1 Å². The number of benzene rings is 2. The molecule has 0 saturated heterocycles. The number of nitrogens with zero attached hydrogens (tertiary/aromatic N) is 4. The highest BCUT2D eigenvalue weighted by atomic mass is 19.1. The molecule has 2 aromatic heterocycles. The Morgan fingerprint density at radius 1 is 1.03 bits per heavy atom. The van der Waals surface area contributed by atoms with Gasteiger partial charge >= 0.3 is 0 Å². The maximum atomic E-state index is 13.2. The summed E-state index contributed by atoms with van der Waals surface area (Å²) in [5.74, 6) is -0.434. The first-order chi connectivity index (χ1) is 14.0. The van der Waals surface area contributed by atoms with Gasteiger partial charge in [0, 0.05) is 23.6 Å². The summed E-state index contributed by atoms with van der Waals surface area (Å²) in [5, 5.41) is 7.06. The van der Waals surface area contributed by atoms with Crippen LogP contribution in [-0.4, -0.2) is 25.2 Å². The summed E-state index contributed by atoms with van der Waals surface area (Å²) in [5.41, 5.74) is 5.04. The van der Waals surface area contributed by atoms with Crippen LogP contribution in [0, 0.1) is 19.7 Å². The smallest absolute Gasteiger partial charge is 0.253 e. The van der Waals surface area contributed by atoms with E-state index in [0.29, 0.717) is 12.1 Å². The first-order valence-corrected chi connectivity index (χ1v) is 9.20. The Labute approximate surface area is 167 Å². The van der Waals surface area contributed by atoms with Crippen LogP contribution in [0.5, 0.6) is 0 Å². The lowest BCUT2D eigenvalue weighted by Crippen LogP contribution is -2.23. The van der Waals surface area contributed by atoms with E-state index < -0.39 is 0 Å². The van der Waals surface area contributed by atoms with Crippen LogP contribution < -0.4 is 5.32 Å². The molecule has 0 atom stereocenters. The Bertz CT molecular complexity index is 1130. The van der Waals surface area contributed by atoms with Crippen molar-refractivity contribution in [3.8, 4) is 11.4 Å². The molecular formula is C22H20FN5O. The van der Waals surface area contributed by atoms with Crippen LogP contribution in [0.2, 0.25) is 0 Å². The predicted octanol–water partition coefficient (Wildman–Crippen LogP) is 3.74. The summed E-state index contributed by atoms with van der Waals surface area (Å²) < 4.78 is 16.8. The molecular weight excluding hydrogens is 369 g/mol. The van der Waals surface area contributed by atoms with Gasteiger partial charge in [-0.3, -0.25) is 4.79 Å². The molecule has 146 valence electrons. The number of carbonyl (C=O) groups excluding carboxylic acids is 1. The molecule has 0 radical (unpaired) electrons. The minimum atomic E-state index is -0.288. The lowest BCUT2D eigenvalue weighted by Gasteiger charge is -2.10. The van der Waals surface area contributed by atoms with E-state index in [1.807, 2.05) is 48.7 Å². The fraction of sp³-hybridized carbons (Fsp3) is 0.136. The predicted molar refractivity (Wildman–Crippen MR) is 108 cm³/mol. The molecule has 29 heavy (non-hydrogen) atoms. The molecule has 7 heteroatoms. The van der Waals surface area contributed by atoms with Crippen LogP contribution in [-0.2, 0) is 6.54 Å². The zero-order valence-corrected chi connectivity index (χ0v) is 16.1. The van der Waals surface area contributed by atoms with Crippen molar-refractivity contribution in [2.45, 2.75) is 20.4 Å². The molecule has 4 rings (SSSR count). The summed E-state index contributed by atoms with van der Waals surface area (Å²) in [6, 6.07) is 15.8. The highest BCUT2D eigenvalue weighted by molar-refractivity contribution is 5.95. The van der Waals surface area contributed by atoms with E-state index in [-0.39, 0.29) is 11.7 Å². The van der Waals surface area contributed by atoms with Gasteiger partial charge in [0.05, 0.1) is 11.3 Å². The van der Waals surface area contributed by atoms with Gasteiger partial charge in [-0.2, -0.15) is 5.10 Å². The third kappa shape index (κ3) is 3.80. The maximum absolute atomic E-state index is 13.2. The van der Waals surface area contributed by atoms with Gasteiger partial charge in [-0.25, -0.2) is 14.1 Å². The van der Waals surface area contributed by atoms with Crippen LogP contribution in [0.25, 0.3) is 11.4 Å². The average molecular weight is 389 g/mol. The average Bonchev–Trinajstić information content (AvgIpc) is 3.36. The van der Waals surface area contributed by atoms with E-state index in [4.69, 9.17) is 0 Å². The van der Waals surface area contributed by atoms with Crippen LogP contribution in [0.4, 0.5) is 4.39 Å². The van der Waals surface area contributed by atoms with Gasteiger partial charge in [-0.15, -0.1) is 0 Å². The van der Waals surface area contributed by atoms with Gasteiger partial charge in [-0.1, -0.05) is 12.1 Å². The largest absolute Gasteiger partial charge is 0.348 e. The first kappa shape index (κ1) is 18.6. The molecule has 1 amide bonds. The Morgan fingerprint density at radius 2 is 1.72 bits per heavy atom. The number of hydrogen-bond acceptors (Lipinski definition) is 3. The summed E-state index contributed by atoms with van der Waals surface area (Å²) >= 11 is 0. The monoisotopic (exact) mass is 389 g/mol. The third-order valence-corrected chi connectivity index (χ3v) is 4.83. The summed E-state index contributed by atoms with van der Waals surface area (Å²) in [6.45, 7) is 4.23. The lowest BCUT2D eigenvalue weighted by atomic mass is 10.2. The SMILES string of the molecule is Cc1cc(C(=O)NCc2ccc(-n3cncn3)cc2)c(C)n1-c1ccc(F)cc1. The van der Waals surface area contributed by atoms with Crippen molar-refractivity contribution in [1.82, 2.24) is 24.6 Å². The van der Waals surface area contributed by atoms with Gasteiger partial charge in [0.25, 0.3) is 5.91 Å². The molecule has 0 aliphatic rings. The van der Waals surface area contributed by atoms with Crippen molar-refractivity contribution in [2.24, 2.45) is 0 Å². The van der Waals surface area contributed by atoms with E-state index in [9.17, 15) is 9.18 Å². The molecule has 0 spiro atoms. The Morgan fingerprint density at radius 3 is 2.38 bits per heavy atom. The van der Waals surface area contributed by atoms with Crippen molar-refractivity contribution < 1.29 is 9.18 Å². The van der Waals surface area contributed by atoms with Crippen molar-refractivity contribution >= 4 is 5.91 Å². The molecule has 0 fully saturated rings. The van der Waals surface area contributed by atoms with Crippen LogP contribution >= 0.6 is 0 Å². The second-order valence-corrected chi connectivity index (χ2v) is 6.79. The van der Waals surface area contributed by atoms with E-state index >= 15 is 0 Å². The van der Waals surface area contributed by atoms with Gasteiger partial charge in [0.1, 0.15) is 18.5 Å². The molecule has 0 aliphatic heterocycles. The standard InChI is InChI=1S/C22H20FN5O/c1-15-11-21(16(2)28(15)20-9-5-18(23)6-10-20)22(29)25-12-17-3-7-19(8-4-17)27-14-24-13-26-27/h3-11,13-14H,12H2,1-2H3,(H,25,29). The molecule has 0 unspecified atom stereocenters. The normalized spacial score (nSPS) is 10.9. The molecule has 4 aromatic rings. The maximum Gasteiger partial charge on any atom is 0.253 e. The second-order valence-electron chi connectivity index (χ2n) is 6.79. The minimum Gasteiger partial charge on any atom is -0.348 e. The highest BCUT2D eigenvalue weighted by Crippen LogP contribution is 2.21. The topological polar surface area (TPSA) is 64.7 Å². The van der Waals surface area contributed by atoms with Gasteiger partial charge in [0.15, 0.2) is 0 Å². The van der Waals surface area contributed by atoms with Gasteiger partial charge < -0.3 is 9.88 Å². The van der Waals surface area contributed by atoms with E-state index in [2.05, 4.69) is 15.4 Å². The molecule has 1 N–H and O–H groups in total. The first-order valence-electron chi connectivity index (χ1n) is 9.20. The Hall–Kier alpha value is -3.74. The van der Waals surface area contributed by atoms with E-state index in [0.717, 1.165) is 28.3 Å². The molecule has 0 bridgehead atoms. The number of hydrogen-bond donors (Lipinski definition) is 1. The third-order valence-electron chi connectivity index (χ3n) is 4.83. The van der Waals surface area contributed by atoms with Crippen molar-refractivity contribution in [2.75, 3.05) is 0 Å². The van der Waals surface area contributed by atoms with Gasteiger partial charge in [0.2, 0.25) is 0 Å². The quantitative estimate of drug-likeness (QED) is 0.565. The Balaban J connectivity index is 1.47. The number of carbonyl (C=O) groups is 1. The number of amides is 1. The van der Waals surface area contributed by atoms with Crippen molar-refractivity contribution in [3.63, 3.8) is 0 Å². The zero-order valence-electron chi connectivity index (χ0n) is 16.1. The molecule has 6 nitrogen and oxygen atoms in total. The molecule has 0 saturated carbocycles. The van der Waals surface area contributed by atoms with Crippen LogP contribution in [0.3, 0.4) is 0 Å². The number of aryl methyl sites for hydroxylation is 1. The van der Waals surface area contributed by atoms with Crippen LogP contribution in [0.15, 0.2) is 67.3 Å². The lowest BCUT2D eigenvalue weighted by molar-refractivity contribution is 0.0950. The fourth-order valence-electron chi connectivity index (χ4n) is 3.37. The van der Waals surface area contributed by atoms with Gasteiger partial charge in [-0.05, 0) is 61.9 Å². The minimum absolute atomic E-state index is 0.146. The van der Waals surface area contributed by atoms with E-state index in [1.165, 1.54) is 18.5 Å². The summed E-state index contributed by atoms with van der Waals surface area (Å²) in [7, 11) is 0. The molecule has 0 aliphatic carbocycles. The fourth-order valence-corrected chi connectivity index (χ4v) is 3.37.